The minimum Gasteiger partial charge on any atom is -0.508 e. The fraction of sp³-hybridized carbons (Fsp3) is 0.652. The number of rotatable bonds is 2. The maximum absolute atomic E-state index is 14.2. The molecule has 1 N–H and O–H groups in total. The first-order valence-corrected chi connectivity index (χ1v) is 11.0. The van der Waals surface area contributed by atoms with Crippen LogP contribution in [0.5, 0.6) is 5.75 Å². The van der Waals surface area contributed by atoms with Crippen LogP contribution in [-0.2, 0) is 25.0 Å². The number of carbonyl (C=O) groups is 2. The van der Waals surface area contributed by atoms with Crippen molar-refractivity contribution in [1.29, 1.82) is 0 Å². The van der Waals surface area contributed by atoms with Gasteiger partial charge < -0.3 is 23.9 Å². The molecule has 0 bridgehead atoms. The highest BCUT2D eigenvalue weighted by atomic mass is 19.4. The summed E-state index contributed by atoms with van der Waals surface area (Å²) >= 11 is 0. The van der Waals surface area contributed by atoms with Gasteiger partial charge in [-0.25, -0.2) is 9.59 Å². The zero-order valence-corrected chi connectivity index (χ0v) is 21.7. The molecular weight excluding hydrogens is 470 g/mol. The second-order valence-corrected chi connectivity index (χ2v) is 11.3. The summed E-state index contributed by atoms with van der Waals surface area (Å²) in [7, 11) is -1.64. The van der Waals surface area contributed by atoms with Gasteiger partial charge in [0.2, 0.25) is 0 Å². The van der Waals surface area contributed by atoms with Crippen molar-refractivity contribution >= 4 is 30.5 Å². The van der Waals surface area contributed by atoms with Crippen molar-refractivity contribution < 1.29 is 46.6 Å². The van der Waals surface area contributed by atoms with Crippen LogP contribution >= 0.6 is 0 Å². The number of carbonyl (C=O) groups excluding carboxylic acids is 2. The zero-order chi connectivity index (χ0) is 27.4. The smallest absolute Gasteiger partial charge is 0.497 e. The second kappa shape index (κ2) is 8.88. The molecule has 1 aromatic carbocycles. The molecular formula is C23H33BF3NO7. The average molecular weight is 503 g/mol. The minimum absolute atomic E-state index is 0.311. The highest BCUT2D eigenvalue weighted by Crippen LogP contribution is 2.41. The quantitative estimate of drug-likeness (QED) is 0.541. The lowest BCUT2D eigenvalue weighted by Crippen LogP contribution is -2.49. The van der Waals surface area contributed by atoms with Gasteiger partial charge in [-0.1, -0.05) is 0 Å². The maximum Gasteiger partial charge on any atom is 0.497 e. The summed E-state index contributed by atoms with van der Waals surface area (Å²) in [5.74, 6) is -0.843. The fourth-order valence-electron chi connectivity index (χ4n) is 3.14. The topological polar surface area (TPSA) is 94.5 Å². The Morgan fingerprint density at radius 2 is 1.29 bits per heavy atom. The van der Waals surface area contributed by atoms with Gasteiger partial charge in [0.25, 0.3) is 0 Å². The molecule has 1 heterocycles. The molecule has 0 spiro atoms. The van der Waals surface area contributed by atoms with Crippen molar-refractivity contribution in [3.8, 4) is 5.75 Å². The number of hydrogen-bond donors (Lipinski definition) is 1. The normalized spacial score (nSPS) is 17.8. The van der Waals surface area contributed by atoms with Crippen LogP contribution in [0, 0.1) is 0 Å². The largest absolute Gasteiger partial charge is 0.508 e. The SMILES string of the molecule is CC(C)(C)OC(=O)N(C(=O)OC(C)(C)C)c1cc(O)cc(C(F)(F)F)c1B1OC(C)(C)C(C)(C)O1. The monoisotopic (exact) mass is 503 g/mol. The molecule has 2 rings (SSSR count). The maximum atomic E-state index is 14.2. The molecule has 12 heteroatoms. The van der Waals surface area contributed by atoms with E-state index in [4.69, 9.17) is 18.8 Å². The Morgan fingerprint density at radius 3 is 1.63 bits per heavy atom. The summed E-state index contributed by atoms with van der Waals surface area (Å²) in [6.07, 6.45) is -7.61. The number of hydrogen-bond acceptors (Lipinski definition) is 7. The Labute approximate surface area is 203 Å². The molecule has 0 radical (unpaired) electrons. The van der Waals surface area contributed by atoms with E-state index in [0.29, 0.717) is 11.0 Å². The van der Waals surface area contributed by atoms with Crippen LogP contribution < -0.4 is 10.4 Å². The van der Waals surface area contributed by atoms with Crippen molar-refractivity contribution in [3.05, 3.63) is 17.7 Å². The third kappa shape index (κ3) is 6.61. The average Bonchev–Trinajstić information content (AvgIpc) is 2.77. The van der Waals surface area contributed by atoms with Crippen molar-refractivity contribution in [2.75, 3.05) is 4.90 Å². The third-order valence-corrected chi connectivity index (χ3v) is 5.33. The summed E-state index contributed by atoms with van der Waals surface area (Å²) in [6.45, 7) is 15.7. The van der Waals surface area contributed by atoms with Crippen LogP contribution in [-0.4, -0.2) is 46.8 Å². The van der Waals surface area contributed by atoms with E-state index in [9.17, 15) is 27.9 Å². The molecule has 1 aliphatic rings. The Hall–Kier alpha value is -2.47. The van der Waals surface area contributed by atoms with Gasteiger partial charge >= 0.3 is 25.5 Å². The van der Waals surface area contributed by atoms with Gasteiger partial charge in [-0.05, 0) is 75.3 Å². The molecule has 196 valence electrons. The van der Waals surface area contributed by atoms with Crippen molar-refractivity contribution in [3.63, 3.8) is 0 Å². The number of phenols is 1. The summed E-state index contributed by atoms with van der Waals surface area (Å²) in [6, 6.07) is 1.32. The number of imide groups is 1. The number of anilines is 1. The van der Waals surface area contributed by atoms with Gasteiger partial charge in [0.1, 0.15) is 17.0 Å². The number of benzene rings is 1. The first-order valence-electron chi connectivity index (χ1n) is 11.0. The van der Waals surface area contributed by atoms with Gasteiger partial charge in [0.05, 0.1) is 22.5 Å². The van der Waals surface area contributed by atoms with E-state index >= 15 is 0 Å². The Morgan fingerprint density at radius 1 is 0.886 bits per heavy atom. The number of halogens is 3. The summed E-state index contributed by atoms with van der Waals surface area (Å²) in [5, 5.41) is 10.2. The number of nitrogens with zero attached hydrogens (tertiary/aromatic N) is 1. The van der Waals surface area contributed by atoms with E-state index in [0.717, 1.165) is 6.07 Å². The highest BCUT2D eigenvalue weighted by molar-refractivity contribution is 6.65. The van der Waals surface area contributed by atoms with Crippen LogP contribution in [0.15, 0.2) is 12.1 Å². The predicted octanol–water partition coefficient (Wildman–Crippen LogP) is 5.39. The molecule has 2 amide bonds. The van der Waals surface area contributed by atoms with Gasteiger partial charge in [-0.2, -0.15) is 18.1 Å². The number of alkyl halides is 3. The Bertz CT molecular complexity index is 951. The van der Waals surface area contributed by atoms with Gasteiger partial charge in [0, 0.05) is 11.5 Å². The molecule has 0 aliphatic carbocycles. The Kier molecular flexibility index (Phi) is 7.30. The lowest BCUT2D eigenvalue weighted by Gasteiger charge is -2.32. The standard InChI is InChI=1S/C23H33BF3NO7/c1-19(2,3)32-17(30)28(18(31)33-20(4,5)6)15-12-13(29)11-14(23(25,26)27)16(15)24-34-21(7,8)22(9,10)35-24/h11-12,29H,1-10H3. The van der Waals surface area contributed by atoms with E-state index in [2.05, 4.69) is 0 Å². The molecule has 1 aliphatic heterocycles. The lowest BCUT2D eigenvalue weighted by atomic mass is 9.74. The van der Waals surface area contributed by atoms with Crippen LogP contribution in [0.2, 0.25) is 0 Å². The van der Waals surface area contributed by atoms with E-state index in [-0.39, 0.29) is 0 Å². The molecule has 0 saturated carbocycles. The van der Waals surface area contributed by atoms with E-state index < -0.39 is 70.3 Å². The number of aromatic hydroxyl groups is 1. The number of amides is 2. The lowest BCUT2D eigenvalue weighted by molar-refractivity contribution is -0.137. The molecule has 35 heavy (non-hydrogen) atoms. The molecule has 8 nitrogen and oxygen atoms in total. The first-order chi connectivity index (χ1) is 15.5. The summed E-state index contributed by atoms with van der Waals surface area (Å²) in [4.78, 5) is 26.6. The van der Waals surface area contributed by atoms with Crippen LogP contribution in [0.4, 0.5) is 28.4 Å². The van der Waals surface area contributed by atoms with Crippen LogP contribution in [0.25, 0.3) is 0 Å². The highest BCUT2D eigenvalue weighted by Gasteiger charge is 2.55. The molecule has 1 aromatic rings. The Balaban J connectivity index is 2.86. The zero-order valence-electron chi connectivity index (χ0n) is 21.7. The van der Waals surface area contributed by atoms with Gasteiger partial charge in [-0.3, -0.25) is 0 Å². The number of ether oxygens (including phenoxy) is 2. The molecule has 0 aromatic heterocycles. The van der Waals surface area contributed by atoms with Gasteiger partial charge in [-0.15, -0.1) is 0 Å². The van der Waals surface area contributed by atoms with E-state index in [1.165, 1.54) is 41.5 Å². The van der Waals surface area contributed by atoms with E-state index in [1.807, 2.05) is 0 Å². The van der Waals surface area contributed by atoms with Crippen molar-refractivity contribution in [2.45, 2.75) is 97.8 Å². The summed E-state index contributed by atoms with van der Waals surface area (Å²) in [5.41, 5.74) is -6.96. The molecule has 0 atom stereocenters. The number of phenolic OH excluding ortho intramolecular Hbond substituents is 1. The van der Waals surface area contributed by atoms with Crippen LogP contribution in [0.1, 0.15) is 74.8 Å². The van der Waals surface area contributed by atoms with Crippen LogP contribution in [0.3, 0.4) is 0 Å². The minimum atomic E-state index is -5.00. The van der Waals surface area contributed by atoms with Crippen molar-refractivity contribution in [2.24, 2.45) is 0 Å². The predicted molar refractivity (Wildman–Crippen MR) is 124 cm³/mol. The second-order valence-electron chi connectivity index (χ2n) is 11.3. The van der Waals surface area contributed by atoms with Crippen molar-refractivity contribution in [1.82, 2.24) is 0 Å². The molecule has 1 fully saturated rings. The fourth-order valence-corrected chi connectivity index (χ4v) is 3.14. The molecule has 1 saturated heterocycles. The third-order valence-electron chi connectivity index (χ3n) is 5.33. The first kappa shape index (κ1) is 28.8. The van der Waals surface area contributed by atoms with E-state index in [1.54, 1.807) is 27.7 Å². The van der Waals surface area contributed by atoms with Gasteiger partial charge in [0.15, 0.2) is 0 Å². The summed E-state index contributed by atoms with van der Waals surface area (Å²) < 4.78 is 64.8. The molecule has 0 unspecified atom stereocenters.